The van der Waals surface area contributed by atoms with Crippen molar-refractivity contribution in [3.8, 4) is 0 Å². The molecular formula is C7H13NO2. The van der Waals surface area contributed by atoms with Gasteiger partial charge in [0.1, 0.15) is 6.29 Å². The van der Waals surface area contributed by atoms with Crippen molar-refractivity contribution in [2.45, 2.75) is 20.3 Å². The third-order valence-corrected chi connectivity index (χ3v) is 1.65. The van der Waals surface area contributed by atoms with E-state index in [1.807, 2.05) is 6.92 Å². The van der Waals surface area contributed by atoms with Gasteiger partial charge in [0.15, 0.2) is 0 Å². The van der Waals surface area contributed by atoms with Gasteiger partial charge in [-0.15, -0.1) is 0 Å². The molecular weight excluding hydrogens is 130 g/mol. The lowest BCUT2D eigenvalue weighted by Crippen LogP contribution is -2.28. The number of hydrogen-bond acceptors (Lipinski definition) is 2. The quantitative estimate of drug-likeness (QED) is 0.576. The van der Waals surface area contributed by atoms with Gasteiger partial charge in [-0.25, -0.2) is 0 Å². The average molecular weight is 143 g/mol. The lowest BCUT2D eigenvalue weighted by atomic mass is 9.92. The molecule has 10 heavy (non-hydrogen) atoms. The first-order valence-electron chi connectivity index (χ1n) is 3.38. The number of aldehydes is 1. The maximum atomic E-state index is 10.6. The highest BCUT2D eigenvalue weighted by Gasteiger charge is 2.19. The van der Waals surface area contributed by atoms with Gasteiger partial charge in [-0.2, -0.15) is 0 Å². The molecule has 0 aliphatic rings. The fourth-order valence-corrected chi connectivity index (χ4v) is 0.927. The molecule has 0 saturated heterocycles. The topological polar surface area (TPSA) is 60.2 Å². The molecule has 0 aromatic heterocycles. The van der Waals surface area contributed by atoms with Gasteiger partial charge >= 0.3 is 0 Å². The van der Waals surface area contributed by atoms with Crippen LogP contribution in [0.1, 0.15) is 20.3 Å². The third kappa shape index (κ3) is 2.17. The zero-order chi connectivity index (χ0) is 8.15. The van der Waals surface area contributed by atoms with Gasteiger partial charge in [0.05, 0.1) is 0 Å². The van der Waals surface area contributed by atoms with Gasteiger partial charge in [-0.05, 0) is 6.42 Å². The minimum Gasteiger partial charge on any atom is -0.369 e. The summed E-state index contributed by atoms with van der Waals surface area (Å²) in [6, 6.07) is 0. The monoisotopic (exact) mass is 143 g/mol. The SMILES string of the molecule is CCC(C(N)=O)[C@@H](C)C=O. The van der Waals surface area contributed by atoms with Crippen LogP contribution in [0.2, 0.25) is 0 Å². The van der Waals surface area contributed by atoms with Gasteiger partial charge in [-0.3, -0.25) is 4.79 Å². The molecule has 1 unspecified atom stereocenters. The Morgan fingerprint density at radius 2 is 2.20 bits per heavy atom. The van der Waals surface area contributed by atoms with Crippen LogP contribution in [0, 0.1) is 11.8 Å². The molecule has 2 atom stereocenters. The number of primary amides is 1. The number of rotatable bonds is 4. The predicted octanol–water partition coefficient (Wildman–Crippen LogP) is 0.333. The average Bonchev–Trinajstić information content (AvgIpc) is 1.88. The van der Waals surface area contributed by atoms with Crippen molar-refractivity contribution < 1.29 is 9.59 Å². The summed E-state index contributed by atoms with van der Waals surface area (Å²) in [7, 11) is 0. The summed E-state index contributed by atoms with van der Waals surface area (Å²) < 4.78 is 0. The summed E-state index contributed by atoms with van der Waals surface area (Å²) in [5.41, 5.74) is 5.03. The van der Waals surface area contributed by atoms with E-state index in [0.717, 1.165) is 6.29 Å². The first-order valence-corrected chi connectivity index (χ1v) is 3.38. The molecule has 58 valence electrons. The van der Waals surface area contributed by atoms with Crippen molar-refractivity contribution in [3.05, 3.63) is 0 Å². The molecule has 0 aliphatic heterocycles. The van der Waals surface area contributed by atoms with Crippen molar-refractivity contribution in [2.24, 2.45) is 17.6 Å². The van der Waals surface area contributed by atoms with Crippen molar-refractivity contribution >= 4 is 12.2 Å². The van der Waals surface area contributed by atoms with Crippen LogP contribution in [0.3, 0.4) is 0 Å². The molecule has 0 radical (unpaired) electrons. The molecule has 0 saturated carbocycles. The van der Waals surface area contributed by atoms with Crippen LogP contribution in [0.15, 0.2) is 0 Å². The third-order valence-electron chi connectivity index (χ3n) is 1.65. The summed E-state index contributed by atoms with van der Waals surface area (Å²) in [4.78, 5) is 20.8. The zero-order valence-electron chi connectivity index (χ0n) is 6.33. The molecule has 1 amide bonds. The van der Waals surface area contributed by atoms with E-state index in [9.17, 15) is 9.59 Å². The van der Waals surface area contributed by atoms with Crippen LogP contribution in [0.25, 0.3) is 0 Å². The van der Waals surface area contributed by atoms with E-state index in [1.165, 1.54) is 0 Å². The maximum absolute atomic E-state index is 10.6. The maximum Gasteiger partial charge on any atom is 0.221 e. The summed E-state index contributed by atoms with van der Waals surface area (Å²) in [6.07, 6.45) is 1.40. The zero-order valence-corrected chi connectivity index (χ0v) is 6.33. The summed E-state index contributed by atoms with van der Waals surface area (Å²) in [6.45, 7) is 3.54. The van der Waals surface area contributed by atoms with Crippen molar-refractivity contribution in [1.82, 2.24) is 0 Å². The first-order chi connectivity index (χ1) is 4.63. The van der Waals surface area contributed by atoms with Gasteiger partial charge in [0.2, 0.25) is 5.91 Å². The Morgan fingerprint density at radius 3 is 2.30 bits per heavy atom. The highest BCUT2D eigenvalue weighted by molar-refractivity contribution is 5.79. The van der Waals surface area contributed by atoms with Crippen LogP contribution in [-0.4, -0.2) is 12.2 Å². The van der Waals surface area contributed by atoms with Gasteiger partial charge in [-0.1, -0.05) is 13.8 Å². The summed E-state index contributed by atoms with van der Waals surface area (Å²) in [5, 5.41) is 0. The van der Waals surface area contributed by atoms with E-state index >= 15 is 0 Å². The van der Waals surface area contributed by atoms with Gasteiger partial charge in [0.25, 0.3) is 0 Å². The smallest absolute Gasteiger partial charge is 0.221 e. The fraction of sp³-hybridized carbons (Fsp3) is 0.714. The minimum absolute atomic E-state index is 0.248. The highest BCUT2D eigenvalue weighted by Crippen LogP contribution is 2.11. The molecule has 3 heteroatoms. The van der Waals surface area contributed by atoms with Crippen LogP contribution >= 0.6 is 0 Å². The second kappa shape index (κ2) is 4.04. The Kier molecular flexibility index (Phi) is 3.69. The standard InChI is InChI=1S/C7H13NO2/c1-3-6(7(8)10)5(2)4-9/h4-6H,3H2,1-2H3,(H2,8,10)/t5-,6?/m0/s1. The molecule has 3 nitrogen and oxygen atoms in total. The van der Waals surface area contributed by atoms with Crippen LogP contribution in [0.5, 0.6) is 0 Å². The van der Waals surface area contributed by atoms with Crippen LogP contribution in [0.4, 0.5) is 0 Å². The van der Waals surface area contributed by atoms with Crippen molar-refractivity contribution in [2.75, 3.05) is 0 Å². The largest absolute Gasteiger partial charge is 0.369 e. The van der Waals surface area contributed by atoms with E-state index in [0.29, 0.717) is 6.42 Å². The van der Waals surface area contributed by atoms with E-state index < -0.39 is 0 Å². The molecule has 2 N–H and O–H groups in total. The van der Waals surface area contributed by atoms with Crippen LogP contribution in [-0.2, 0) is 9.59 Å². The molecule has 0 aliphatic carbocycles. The number of amides is 1. The van der Waals surface area contributed by atoms with Crippen molar-refractivity contribution in [1.29, 1.82) is 0 Å². The molecule has 0 rings (SSSR count). The molecule has 0 aromatic rings. The number of carbonyl (C=O) groups is 2. The Hall–Kier alpha value is -0.860. The lowest BCUT2D eigenvalue weighted by molar-refractivity contribution is -0.126. The van der Waals surface area contributed by atoms with Crippen molar-refractivity contribution in [3.63, 3.8) is 0 Å². The van der Waals surface area contributed by atoms with E-state index in [2.05, 4.69) is 0 Å². The second-order valence-corrected chi connectivity index (χ2v) is 2.41. The molecule has 0 fully saturated rings. The van der Waals surface area contributed by atoms with Gasteiger partial charge in [0, 0.05) is 11.8 Å². The highest BCUT2D eigenvalue weighted by atomic mass is 16.1. The Morgan fingerprint density at radius 1 is 1.70 bits per heavy atom. The number of carbonyl (C=O) groups excluding carboxylic acids is 2. The Bertz CT molecular complexity index is 134. The molecule has 0 heterocycles. The summed E-state index contributed by atoms with van der Waals surface area (Å²) >= 11 is 0. The Balaban J connectivity index is 4.05. The Labute approximate surface area is 60.6 Å². The minimum atomic E-state index is -0.387. The molecule has 0 bridgehead atoms. The first kappa shape index (κ1) is 9.14. The van der Waals surface area contributed by atoms with E-state index in [1.54, 1.807) is 6.92 Å². The second-order valence-electron chi connectivity index (χ2n) is 2.41. The number of nitrogens with two attached hydrogens (primary N) is 1. The fourth-order valence-electron chi connectivity index (χ4n) is 0.927. The van der Waals surface area contributed by atoms with E-state index in [4.69, 9.17) is 5.73 Å². The predicted molar refractivity (Wildman–Crippen MR) is 38.2 cm³/mol. The summed E-state index contributed by atoms with van der Waals surface area (Å²) in [5.74, 6) is -0.929. The van der Waals surface area contributed by atoms with Gasteiger partial charge < -0.3 is 10.5 Å². The van der Waals surface area contributed by atoms with Crippen LogP contribution < -0.4 is 5.73 Å². The normalized spacial score (nSPS) is 15.8. The molecule has 0 aromatic carbocycles. The molecule has 0 spiro atoms. The lowest BCUT2D eigenvalue weighted by Gasteiger charge is -2.12. The number of hydrogen-bond donors (Lipinski definition) is 1. The van der Waals surface area contributed by atoms with E-state index in [-0.39, 0.29) is 17.7 Å².